The van der Waals surface area contributed by atoms with Gasteiger partial charge in [-0.1, -0.05) is 19.1 Å². The summed E-state index contributed by atoms with van der Waals surface area (Å²) in [6.07, 6.45) is 7.08. The van der Waals surface area contributed by atoms with Crippen molar-refractivity contribution in [3.05, 3.63) is 48.0 Å². The van der Waals surface area contributed by atoms with Crippen molar-refractivity contribution < 1.29 is 0 Å². The van der Waals surface area contributed by atoms with Crippen molar-refractivity contribution in [3.8, 4) is 5.69 Å². The van der Waals surface area contributed by atoms with Crippen LogP contribution in [0.25, 0.3) is 5.69 Å². The zero-order valence-electron chi connectivity index (χ0n) is 10.1. The van der Waals surface area contributed by atoms with E-state index in [4.69, 9.17) is 5.73 Å². The summed E-state index contributed by atoms with van der Waals surface area (Å²) in [4.78, 5) is 4.41. The molecule has 0 aliphatic heterocycles. The summed E-state index contributed by atoms with van der Waals surface area (Å²) in [5.41, 5.74) is 9.49. The zero-order valence-corrected chi connectivity index (χ0v) is 10.1. The Balaban J connectivity index is 1.90. The molecule has 0 saturated heterocycles. The van der Waals surface area contributed by atoms with Gasteiger partial charge in [0, 0.05) is 11.9 Å². The molecule has 2 aromatic rings. The summed E-state index contributed by atoms with van der Waals surface area (Å²) in [6, 6.07) is 8.56. The SMILES string of the molecule is CCc1ccc(-n2cnc(C3(N)CC3)c2)cc1. The molecule has 1 aromatic carbocycles. The van der Waals surface area contributed by atoms with Gasteiger partial charge in [-0.25, -0.2) is 4.98 Å². The van der Waals surface area contributed by atoms with Crippen molar-refractivity contribution in [2.24, 2.45) is 5.73 Å². The molecule has 0 spiro atoms. The Morgan fingerprint density at radius 1 is 1.29 bits per heavy atom. The predicted octanol–water partition coefficient (Wildman–Crippen LogP) is 2.38. The number of imidazole rings is 1. The second-order valence-corrected chi connectivity index (χ2v) is 4.84. The van der Waals surface area contributed by atoms with Crippen LogP contribution in [-0.4, -0.2) is 9.55 Å². The van der Waals surface area contributed by atoms with Crippen LogP contribution in [0.2, 0.25) is 0 Å². The third kappa shape index (κ3) is 1.87. The molecule has 0 unspecified atom stereocenters. The van der Waals surface area contributed by atoms with Gasteiger partial charge < -0.3 is 10.3 Å². The van der Waals surface area contributed by atoms with Crippen molar-refractivity contribution in [1.82, 2.24) is 9.55 Å². The lowest BCUT2D eigenvalue weighted by atomic mass is 10.1. The van der Waals surface area contributed by atoms with Crippen LogP contribution >= 0.6 is 0 Å². The monoisotopic (exact) mass is 227 g/mol. The Bertz CT molecular complexity index is 521. The van der Waals surface area contributed by atoms with Crippen LogP contribution in [0.15, 0.2) is 36.8 Å². The minimum absolute atomic E-state index is 0.144. The van der Waals surface area contributed by atoms with E-state index < -0.39 is 0 Å². The third-order valence-electron chi connectivity index (χ3n) is 3.52. The van der Waals surface area contributed by atoms with Crippen molar-refractivity contribution in [3.63, 3.8) is 0 Å². The number of nitrogens with two attached hydrogens (primary N) is 1. The van der Waals surface area contributed by atoms with E-state index in [0.717, 1.165) is 30.6 Å². The first kappa shape index (κ1) is 10.5. The van der Waals surface area contributed by atoms with Crippen LogP contribution in [0.1, 0.15) is 31.0 Å². The fraction of sp³-hybridized carbons (Fsp3) is 0.357. The van der Waals surface area contributed by atoms with E-state index in [-0.39, 0.29) is 5.54 Å². The van der Waals surface area contributed by atoms with Crippen molar-refractivity contribution in [2.75, 3.05) is 0 Å². The van der Waals surface area contributed by atoms with Crippen molar-refractivity contribution in [1.29, 1.82) is 0 Å². The van der Waals surface area contributed by atoms with Gasteiger partial charge in [0.1, 0.15) is 0 Å². The lowest BCUT2D eigenvalue weighted by Crippen LogP contribution is -2.18. The molecule has 2 N–H and O–H groups in total. The van der Waals surface area contributed by atoms with Gasteiger partial charge in [-0.15, -0.1) is 0 Å². The minimum Gasteiger partial charge on any atom is -0.320 e. The van der Waals surface area contributed by atoms with Gasteiger partial charge in [-0.3, -0.25) is 0 Å². The van der Waals surface area contributed by atoms with Gasteiger partial charge in [-0.2, -0.15) is 0 Å². The molecular formula is C14H17N3. The molecule has 1 saturated carbocycles. The maximum atomic E-state index is 6.13. The molecule has 3 rings (SSSR count). The van der Waals surface area contributed by atoms with Crippen LogP contribution in [-0.2, 0) is 12.0 Å². The van der Waals surface area contributed by atoms with Crippen LogP contribution in [0.5, 0.6) is 0 Å². The summed E-state index contributed by atoms with van der Waals surface area (Å²) >= 11 is 0. The molecule has 1 fully saturated rings. The molecular weight excluding hydrogens is 210 g/mol. The largest absolute Gasteiger partial charge is 0.320 e. The van der Waals surface area contributed by atoms with Crippen LogP contribution in [0.3, 0.4) is 0 Å². The summed E-state index contributed by atoms with van der Waals surface area (Å²) in [7, 11) is 0. The highest BCUT2D eigenvalue weighted by Crippen LogP contribution is 2.41. The number of aryl methyl sites for hydroxylation is 1. The first-order valence-corrected chi connectivity index (χ1v) is 6.14. The van der Waals surface area contributed by atoms with E-state index in [9.17, 15) is 0 Å². The summed E-state index contributed by atoms with van der Waals surface area (Å²) in [5, 5.41) is 0. The molecule has 0 bridgehead atoms. The Morgan fingerprint density at radius 3 is 2.59 bits per heavy atom. The highest BCUT2D eigenvalue weighted by Gasteiger charge is 2.42. The molecule has 3 nitrogen and oxygen atoms in total. The molecule has 1 heterocycles. The third-order valence-corrected chi connectivity index (χ3v) is 3.52. The highest BCUT2D eigenvalue weighted by atomic mass is 15.1. The number of rotatable bonds is 3. The molecule has 17 heavy (non-hydrogen) atoms. The van der Waals surface area contributed by atoms with E-state index in [1.54, 1.807) is 0 Å². The van der Waals surface area contributed by atoms with Gasteiger partial charge >= 0.3 is 0 Å². The molecule has 0 atom stereocenters. The summed E-state index contributed by atoms with van der Waals surface area (Å²) < 4.78 is 2.04. The zero-order chi connectivity index (χ0) is 11.9. The minimum atomic E-state index is -0.144. The number of benzene rings is 1. The lowest BCUT2D eigenvalue weighted by molar-refractivity contribution is 0.713. The quantitative estimate of drug-likeness (QED) is 0.875. The molecule has 0 amide bonds. The van der Waals surface area contributed by atoms with Crippen LogP contribution < -0.4 is 5.73 Å². The topological polar surface area (TPSA) is 43.8 Å². The average Bonchev–Trinajstić information content (AvgIpc) is 2.94. The smallest absolute Gasteiger partial charge is 0.0996 e. The fourth-order valence-corrected chi connectivity index (χ4v) is 2.02. The van der Waals surface area contributed by atoms with E-state index in [2.05, 4.69) is 36.2 Å². The van der Waals surface area contributed by atoms with Gasteiger partial charge in [0.25, 0.3) is 0 Å². The molecule has 88 valence electrons. The van der Waals surface area contributed by atoms with Gasteiger partial charge in [0.2, 0.25) is 0 Å². The molecule has 1 aliphatic carbocycles. The summed E-state index contributed by atoms with van der Waals surface area (Å²) in [6.45, 7) is 2.16. The Kier molecular flexibility index (Phi) is 2.30. The Labute approximate surface area is 101 Å². The van der Waals surface area contributed by atoms with E-state index in [1.165, 1.54) is 5.56 Å². The average molecular weight is 227 g/mol. The molecule has 0 radical (unpaired) electrons. The normalized spacial score (nSPS) is 17.1. The highest BCUT2D eigenvalue weighted by molar-refractivity contribution is 5.36. The Hall–Kier alpha value is -1.61. The van der Waals surface area contributed by atoms with Crippen molar-refractivity contribution in [2.45, 2.75) is 31.7 Å². The first-order chi connectivity index (χ1) is 8.21. The number of hydrogen-bond acceptors (Lipinski definition) is 2. The summed E-state index contributed by atoms with van der Waals surface area (Å²) in [5.74, 6) is 0. The van der Waals surface area contributed by atoms with Crippen LogP contribution in [0, 0.1) is 0 Å². The maximum absolute atomic E-state index is 6.13. The number of aromatic nitrogens is 2. The fourth-order valence-electron chi connectivity index (χ4n) is 2.02. The second-order valence-electron chi connectivity index (χ2n) is 4.84. The molecule has 1 aliphatic rings. The van der Waals surface area contributed by atoms with Gasteiger partial charge in [-0.05, 0) is 37.0 Å². The van der Waals surface area contributed by atoms with Crippen molar-refractivity contribution >= 4 is 0 Å². The first-order valence-electron chi connectivity index (χ1n) is 6.14. The van der Waals surface area contributed by atoms with E-state index in [1.807, 2.05) is 17.1 Å². The van der Waals surface area contributed by atoms with Crippen LogP contribution in [0.4, 0.5) is 0 Å². The molecule has 1 aromatic heterocycles. The maximum Gasteiger partial charge on any atom is 0.0996 e. The predicted molar refractivity (Wildman–Crippen MR) is 68.0 cm³/mol. The standard InChI is InChI=1S/C14H17N3/c1-2-11-3-5-12(6-4-11)17-9-13(16-10-17)14(15)7-8-14/h3-6,9-10H,2,7-8,15H2,1H3. The molecule has 3 heteroatoms. The van der Waals surface area contributed by atoms with E-state index in [0.29, 0.717) is 0 Å². The number of nitrogens with zero attached hydrogens (tertiary/aromatic N) is 2. The Morgan fingerprint density at radius 2 is 2.00 bits per heavy atom. The van der Waals surface area contributed by atoms with Gasteiger partial charge in [0.05, 0.1) is 17.6 Å². The number of hydrogen-bond donors (Lipinski definition) is 1. The van der Waals surface area contributed by atoms with Gasteiger partial charge in [0.15, 0.2) is 0 Å². The van der Waals surface area contributed by atoms with E-state index >= 15 is 0 Å². The second kappa shape index (κ2) is 3.70. The lowest BCUT2D eigenvalue weighted by Gasteiger charge is -2.04.